The average Bonchev–Trinajstić information content (AvgIpc) is 3.06. The molecule has 0 spiro atoms. The second-order valence-corrected chi connectivity index (χ2v) is 9.08. The number of benzene rings is 1. The van der Waals surface area contributed by atoms with Gasteiger partial charge in [0.05, 0.1) is 28.8 Å². The molecule has 1 heterocycles. The van der Waals surface area contributed by atoms with E-state index in [-0.39, 0.29) is 18.1 Å². The number of imide groups is 1. The number of sulfone groups is 1. The van der Waals surface area contributed by atoms with Crippen LogP contribution in [0.1, 0.15) is 25.1 Å². The molecule has 2 aromatic rings. The Morgan fingerprint density at radius 3 is 1.97 bits per heavy atom. The Morgan fingerprint density at radius 1 is 1.15 bits per heavy atom. The van der Waals surface area contributed by atoms with Gasteiger partial charge in [0.2, 0.25) is 0 Å². The number of aromatic nitrogens is 2. The number of amides is 2. The number of anilines is 1. The number of hydrogen-bond acceptors (Lipinski definition) is 8. The molecule has 0 N–H and O–H groups in total. The Hall–Kier alpha value is -3.02. The topological polar surface area (TPSA) is 132 Å². The van der Waals surface area contributed by atoms with Crippen LogP contribution in [-0.2, 0) is 25.5 Å². The van der Waals surface area contributed by atoms with Gasteiger partial charge in [-0.3, -0.25) is 0 Å². The minimum atomic E-state index is -4.84. The highest BCUT2D eigenvalue weighted by Gasteiger charge is 2.40. The number of ether oxygens (including phenoxy) is 2. The maximum absolute atomic E-state index is 13.2. The van der Waals surface area contributed by atoms with E-state index in [1.165, 1.54) is 19.9 Å². The van der Waals surface area contributed by atoms with Gasteiger partial charge in [-0.15, -0.1) is 0 Å². The minimum absolute atomic E-state index is 0.127. The molecule has 184 valence electrons. The van der Waals surface area contributed by atoms with E-state index in [1.54, 1.807) is 0 Å². The molecule has 1 aromatic heterocycles. The lowest BCUT2D eigenvalue weighted by molar-refractivity contribution is -0.137. The molecule has 0 atom stereocenters. The van der Waals surface area contributed by atoms with E-state index in [2.05, 4.69) is 5.10 Å². The normalized spacial score (nSPS) is 11.6. The predicted octanol–water partition coefficient (Wildman–Crippen LogP) is 4.59. The summed E-state index contributed by atoms with van der Waals surface area (Å²) in [5.41, 5.74) is -2.59. The number of nitrogens with zero attached hydrogens (tertiary/aromatic N) is 4. The van der Waals surface area contributed by atoms with Gasteiger partial charge in [-0.2, -0.15) is 28.4 Å². The molecule has 0 aliphatic heterocycles. The Bertz CT molecular complexity index is 1250. The van der Waals surface area contributed by atoms with E-state index in [9.17, 15) is 36.4 Å². The van der Waals surface area contributed by atoms with Crippen molar-refractivity contribution in [2.45, 2.75) is 24.9 Å². The highest BCUT2D eigenvalue weighted by Crippen LogP contribution is 2.41. The first-order valence-electron chi connectivity index (χ1n) is 9.12. The molecule has 2 amide bonds. The van der Waals surface area contributed by atoms with Crippen molar-refractivity contribution < 1.29 is 40.7 Å². The van der Waals surface area contributed by atoms with Crippen LogP contribution < -0.4 is 4.90 Å². The zero-order valence-electron chi connectivity index (χ0n) is 17.6. The Labute approximate surface area is 201 Å². The van der Waals surface area contributed by atoms with Crippen molar-refractivity contribution in [3.05, 3.63) is 33.4 Å². The number of rotatable bonds is 5. The van der Waals surface area contributed by atoms with Gasteiger partial charge >= 0.3 is 18.4 Å². The summed E-state index contributed by atoms with van der Waals surface area (Å²) in [7, 11) is -4.39. The molecule has 0 radical (unpaired) electrons. The van der Waals surface area contributed by atoms with Gasteiger partial charge < -0.3 is 9.47 Å². The smallest absolute Gasteiger partial charge is 0.425 e. The first kappa shape index (κ1) is 27.2. The zero-order valence-corrected chi connectivity index (χ0v) is 19.9. The third-order valence-electron chi connectivity index (χ3n) is 3.96. The molecular formula is C18H15Cl2F3N4O6S. The number of nitriles is 1. The van der Waals surface area contributed by atoms with E-state index in [1.807, 2.05) is 0 Å². The summed E-state index contributed by atoms with van der Waals surface area (Å²) < 4.78 is 74.7. The monoisotopic (exact) mass is 542 g/mol. The van der Waals surface area contributed by atoms with E-state index < -0.39 is 65.9 Å². The van der Waals surface area contributed by atoms with Crippen molar-refractivity contribution in [1.82, 2.24) is 9.78 Å². The summed E-state index contributed by atoms with van der Waals surface area (Å²) in [5.74, 6) is -0.889. The van der Waals surface area contributed by atoms with Gasteiger partial charge in [0, 0.05) is 6.26 Å². The molecule has 34 heavy (non-hydrogen) atoms. The van der Waals surface area contributed by atoms with E-state index in [0.29, 0.717) is 23.1 Å². The standard InChI is InChI=1S/C18H15Cl2F3N4O6S/c1-4-32-16(28)26(17(29)33-5-2)15-14(34(3,30)31)12(8-24)25-27(15)13-10(19)6-9(7-11(13)20)18(21,22)23/h6-7H,4-5H2,1-3H3. The second kappa shape index (κ2) is 10.1. The summed E-state index contributed by atoms with van der Waals surface area (Å²) in [6.07, 6.45) is -7.02. The fourth-order valence-corrected chi connectivity index (χ4v) is 4.31. The van der Waals surface area contributed by atoms with Crippen LogP contribution in [0.3, 0.4) is 0 Å². The lowest BCUT2D eigenvalue weighted by atomic mass is 10.2. The molecular weight excluding hydrogens is 528 g/mol. The van der Waals surface area contributed by atoms with E-state index in [4.69, 9.17) is 32.7 Å². The van der Waals surface area contributed by atoms with Crippen molar-refractivity contribution in [3.8, 4) is 11.8 Å². The summed E-state index contributed by atoms with van der Waals surface area (Å²) in [6, 6.07) is 2.44. The molecule has 0 aliphatic rings. The Balaban J connectivity index is 3.05. The first-order valence-corrected chi connectivity index (χ1v) is 11.8. The van der Waals surface area contributed by atoms with Crippen LogP contribution in [0.4, 0.5) is 28.6 Å². The second-order valence-electron chi connectivity index (χ2n) is 6.32. The predicted molar refractivity (Wildman–Crippen MR) is 113 cm³/mol. The van der Waals surface area contributed by atoms with Crippen molar-refractivity contribution in [3.63, 3.8) is 0 Å². The molecule has 0 bridgehead atoms. The molecule has 1 aromatic carbocycles. The first-order chi connectivity index (χ1) is 15.7. The fourth-order valence-electron chi connectivity index (χ4n) is 2.72. The molecule has 0 aliphatic carbocycles. The molecule has 0 saturated heterocycles. The van der Waals surface area contributed by atoms with Crippen molar-refractivity contribution in [1.29, 1.82) is 5.26 Å². The summed E-state index contributed by atoms with van der Waals surface area (Å²) in [5, 5.41) is 11.9. The van der Waals surface area contributed by atoms with Crippen LogP contribution in [0, 0.1) is 11.3 Å². The van der Waals surface area contributed by atoms with Crippen LogP contribution in [0.2, 0.25) is 10.0 Å². The molecule has 10 nitrogen and oxygen atoms in total. The Kier molecular flexibility index (Phi) is 8.07. The molecule has 0 unspecified atom stereocenters. The lowest BCUT2D eigenvalue weighted by Gasteiger charge is -2.22. The molecule has 0 fully saturated rings. The zero-order chi connectivity index (χ0) is 26.0. The van der Waals surface area contributed by atoms with Crippen molar-refractivity contribution in [2.75, 3.05) is 24.4 Å². The van der Waals surface area contributed by atoms with Crippen LogP contribution in [0.5, 0.6) is 0 Å². The highest BCUT2D eigenvalue weighted by molar-refractivity contribution is 7.91. The fraction of sp³-hybridized carbons (Fsp3) is 0.333. The summed E-state index contributed by atoms with van der Waals surface area (Å²) in [4.78, 5) is 24.5. The number of halogens is 5. The van der Waals surface area contributed by atoms with Crippen LogP contribution in [-0.4, -0.2) is 49.9 Å². The largest absolute Gasteiger partial charge is 0.449 e. The van der Waals surface area contributed by atoms with Crippen LogP contribution >= 0.6 is 23.2 Å². The van der Waals surface area contributed by atoms with Gasteiger partial charge in [0.1, 0.15) is 16.7 Å². The van der Waals surface area contributed by atoms with Crippen molar-refractivity contribution >= 4 is 51.0 Å². The third kappa shape index (κ3) is 5.37. The Morgan fingerprint density at radius 2 is 1.62 bits per heavy atom. The van der Waals surface area contributed by atoms with Crippen LogP contribution in [0.25, 0.3) is 5.69 Å². The lowest BCUT2D eigenvalue weighted by Crippen LogP contribution is -2.40. The maximum Gasteiger partial charge on any atom is 0.425 e. The maximum atomic E-state index is 13.2. The van der Waals surface area contributed by atoms with Gasteiger partial charge in [0.15, 0.2) is 21.3 Å². The molecule has 16 heteroatoms. The summed E-state index contributed by atoms with van der Waals surface area (Å²) >= 11 is 12.0. The van der Waals surface area contributed by atoms with Crippen LogP contribution in [0.15, 0.2) is 17.0 Å². The van der Waals surface area contributed by atoms with Crippen molar-refractivity contribution in [2.24, 2.45) is 0 Å². The minimum Gasteiger partial charge on any atom is -0.449 e. The number of carbonyl (C=O) groups is 2. The number of alkyl halides is 3. The average molecular weight is 543 g/mol. The quantitative estimate of drug-likeness (QED) is 0.535. The van der Waals surface area contributed by atoms with Gasteiger partial charge in [-0.05, 0) is 26.0 Å². The summed E-state index contributed by atoms with van der Waals surface area (Å²) in [6.45, 7) is 2.26. The molecule has 0 saturated carbocycles. The van der Waals surface area contributed by atoms with Gasteiger partial charge in [-0.1, -0.05) is 23.2 Å². The highest BCUT2D eigenvalue weighted by atomic mass is 35.5. The van der Waals surface area contributed by atoms with E-state index in [0.717, 1.165) is 0 Å². The van der Waals surface area contributed by atoms with Gasteiger partial charge in [0.25, 0.3) is 0 Å². The molecule has 2 rings (SSSR count). The number of hydrogen-bond donors (Lipinski definition) is 0. The van der Waals surface area contributed by atoms with Gasteiger partial charge in [-0.25, -0.2) is 22.7 Å². The third-order valence-corrected chi connectivity index (χ3v) is 5.66. The number of carbonyl (C=O) groups excluding carboxylic acids is 2. The SMILES string of the molecule is CCOC(=O)N(C(=O)OCC)c1c(S(C)(=O)=O)c(C#N)nn1-c1c(Cl)cc(C(F)(F)F)cc1Cl. The van der Waals surface area contributed by atoms with E-state index >= 15 is 0 Å².